The lowest BCUT2D eigenvalue weighted by Gasteiger charge is -2.17. The molecule has 4 heterocycles. The molecular weight excluding hydrogens is 450 g/mol. The van der Waals surface area contributed by atoms with Crippen LogP contribution in [0.2, 0.25) is 0 Å². The van der Waals surface area contributed by atoms with Crippen molar-refractivity contribution in [1.29, 1.82) is 0 Å². The van der Waals surface area contributed by atoms with E-state index < -0.39 is 0 Å². The van der Waals surface area contributed by atoms with Crippen LogP contribution in [0.3, 0.4) is 0 Å². The molecule has 182 valence electrons. The summed E-state index contributed by atoms with van der Waals surface area (Å²) in [5.74, 6) is 1.26. The number of nitrogens with zero attached hydrogens (tertiary/aromatic N) is 8. The van der Waals surface area contributed by atoms with Crippen molar-refractivity contribution < 1.29 is 0 Å². The van der Waals surface area contributed by atoms with Crippen LogP contribution in [0, 0.1) is 0 Å². The van der Waals surface area contributed by atoms with Crippen LogP contribution >= 0.6 is 0 Å². The molecule has 9 nitrogen and oxygen atoms in total. The second-order valence-corrected chi connectivity index (χ2v) is 9.33. The maximum absolute atomic E-state index is 4.92. The molecule has 9 heteroatoms. The second-order valence-electron chi connectivity index (χ2n) is 9.33. The Morgan fingerprint density at radius 2 is 1.94 bits per heavy atom. The molecule has 1 aliphatic rings. The molecule has 1 aromatic carbocycles. The summed E-state index contributed by atoms with van der Waals surface area (Å²) < 4.78 is 5.77. The SMILES string of the molecule is CCCn1cc(-c2cccc(Cc3c4c(nn3C)CCc3cnc(Nc5ccn(C)n5)nc3-4)c2)cn1. The lowest BCUT2D eigenvalue weighted by Crippen LogP contribution is -2.09. The molecule has 0 aliphatic heterocycles. The van der Waals surface area contributed by atoms with Gasteiger partial charge in [0.2, 0.25) is 5.95 Å². The second kappa shape index (κ2) is 9.07. The van der Waals surface area contributed by atoms with Gasteiger partial charge in [0.05, 0.1) is 23.3 Å². The standard InChI is InChI=1S/C27H29N9/c1-4-11-36-17-21(16-29-36)19-7-5-6-18(13-19)14-23-25-22(32-35(23)3)9-8-20-15-28-27(31-26(20)25)30-24-10-12-34(2)33-24/h5-7,10,12-13,15-17H,4,8-9,11,14H2,1-3H3,(H,28,30,31,33). The molecule has 1 N–H and O–H groups in total. The van der Waals surface area contributed by atoms with E-state index in [1.165, 1.54) is 11.1 Å². The van der Waals surface area contributed by atoms with Gasteiger partial charge in [-0.1, -0.05) is 31.2 Å². The van der Waals surface area contributed by atoms with E-state index in [1.807, 2.05) is 48.1 Å². The van der Waals surface area contributed by atoms with Crippen LogP contribution in [0.5, 0.6) is 0 Å². The lowest BCUT2D eigenvalue weighted by molar-refractivity contribution is 0.603. The fourth-order valence-corrected chi connectivity index (χ4v) is 4.90. The molecule has 0 atom stereocenters. The molecule has 1 aliphatic carbocycles. The van der Waals surface area contributed by atoms with E-state index >= 15 is 0 Å². The molecule has 5 aromatic rings. The van der Waals surface area contributed by atoms with E-state index in [9.17, 15) is 0 Å². The van der Waals surface area contributed by atoms with Crippen LogP contribution in [-0.2, 0) is 39.9 Å². The fourth-order valence-electron chi connectivity index (χ4n) is 4.90. The third-order valence-electron chi connectivity index (χ3n) is 6.64. The van der Waals surface area contributed by atoms with Gasteiger partial charge in [-0.15, -0.1) is 0 Å². The van der Waals surface area contributed by atoms with E-state index in [4.69, 9.17) is 10.1 Å². The van der Waals surface area contributed by atoms with Gasteiger partial charge in [0, 0.05) is 62.8 Å². The van der Waals surface area contributed by atoms with Gasteiger partial charge in [-0.25, -0.2) is 9.97 Å². The minimum Gasteiger partial charge on any atom is -0.307 e. The first-order valence-electron chi connectivity index (χ1n) is 12.4. The highest BCUT2D eigenvalue weighted by Crippen LogP contribution is 2.36. The smallest absolute Gasteiger partial charge is 0.228 e. The van der Waals surface area contributed by atoms with Crippen LogP contribution < -0.4 is 5.32 Å². The van der Waals surface area contributed by atoms with Crippen molar-refractivity contribution in [3.63, 3.8) is 0 Å². The summed E-state index contributed by atoms with van der Waals surface area (Å²) in [5.41, 5.74) is 9.05. The summed E-state index contributed by atoms with van der Waals surface area (Å²) in [6.45, 7) is 3.09. The Bertz CT molecular complexity index is 1540. The maximum atomic E-state index is 4.92. The van der Waals surface area contributed by atoms with Crippen molar-refractivity contribution in [2.24, 2.45) is 14.1 Å². The molecule has 0 bridgehead atoms. The number of anilines is 2. The minimum atomic E-state index is 0.543. The van der Waals surface area contributed by atoms with Crippen molar-refractivity contribution in [1.82, 2.24) is 39.3 Å². The summed E-state index contributed by atoms with van der Waals surface area (Å²) >= 11 is 0. The molecule has 6 rings (SSSR count). The summed E-state index contributed by atoms with van der Waals surface area (Å²) in [6.07, 6.45) is 11.5. The Labute approximate surface area is 209 Å². The normalized spacial score (nSPS) is 12.4. The number of hydrogen-bond donors (Lipinski definition) is 1. The zero-order valence-corrected chi connectivity index (χ0v) is 20.8. The van der Waals surface area contributed by atoms with Crippen molar-refractivity contribution in [2.75, 3.05) is 5.32 Å². The molecule has 0 amide bonds. The van der Waals surface area contributed by atoms with E-state index in [1.54, 1.807) is 4.68 Å². The Morgan fingerprint density at radius 1 is 1.03 bits per heavy atom. The first-order valence-corrected chi connectivity index (χ1v) is 12.4. The Kier molecular flexibility index (Phi) is 5.59. The molecular formula is C27H29N9. The number of rotatable bonds is 7. The van der Waals surface area contributed by atoms with Gasteiger partial charge < -0.3 is 5.32 Å². The number of hydrogen-bond acceptors (Lipinski definition) is 6. The first-order chi connectivity index (χ1) is 17.6. The van der Waals surface area contributed by atoms with Gasteiger partial charge in [0.25, 0.3) is 0 Å². The Hall–Kier alpha value is -4.27. The largest absolute Gasteiger partial charge is 0.307 e. The molecule has 0 radical (unpaired) electrons. The molecule has 36 heavy (non-hydrogen) atoms. The molecule has 0 saturated heterocycles. The first kappa shape index (κ1) is 22.2. The summed E-state index contributed by atoms with van der Waals surface area (Å²) in [4.78, 5) is 9.47. The summed E-state index contributed by atoms with van der Waals surface area (Å²) in [6, 6.07) is 10.6. The van der Waals surface area contributed by atoms with E-state index in [0.29, 0.717) is 5.95 Å². The summed E-state index contributed by atoms with van der Waals surface area (Å²) in [7, 11) is 3.92. The Morgan fingerprint density at radius 3 is 2.78 bits per heavy atom. The highest BCUT2D eigenvalue weighted by Gasteiger charge is 2.26. The van der Waals surface area contributed by atoms with Crippen LogP contribution in [0.4, 0.5) is 11.8 Å². The monoisotopic (exact) mass is 479 g/mol. The van der Waals surface area contributed by atoms with E-state index in [-0.39, 0.29) is 0 Å². The van der Waals surface area contributed by atoms with Crippen molar-refractivity contribution in [3.05, 3.63) is 77.6 Å². The molecule has 0 spiro atoms. The van der Waals surface area contributed by atoms with E-state index in [0.717, 1.165) is 71.8 Å². The molecule has 4 aromatic heterocycles. The maximum Gasteiger partial charge on any atom is 0.228 e. The average molecular weight is 480 g/mol. The lowest BCUT2D eigenvalue weighted by atomic mass is 9.91. The zero-order valence-electron chi connectivity index (χ0n) is 20.8. The molecule has 0 fully saturated rings. The van der Waals surface area contributed by atoms with Crippen molar-refractivity contribution >= 4 is 11.8 Å². The number of aryl methyl sites for hydroxylation is 5. The minimum absolute atomic E-state index is 0.543. The van der Waals surface area contributed by atoms with Crippen LogP contribution in [0.1, 0.15) is 35.9 Å². The van der Waals surface area contributed by atoms with Gasteiger partial charge in [-0.05, 0) is 36.0 Å². The van der Waals surface area contributed by atoms with Crippen LogP contribution in [-0.4, -0.2) is 39.3 Å². The van der Waals surface area contributed by atoms with Gasteiger partial charge >= 0.3 is 0 Å². The number of aromatic nitrogens is 8. The molecule has 0 unspecified atom stereocenters. The fraction of sp³-hybridized carbons (Fsp3) is 0.296. The van der Waals surface area contributed by atoms with Crippen molar-refractivity contribution in [2.45, 2.75) is 39.2 Å². The van der Waals surface area contributed by atoms with Crippen LogP contribution in [0.25, 0.3) is 22.4 Å². The number of benzene rings is 1. The third kappa shape index (κ3) is 4.17. The predicted octanol–water partition coefficient (Wildman–Crippen LogP) is 4.32. The van der Waals surface area contributed by atoms with E-state index in [2.05, 4.69) is 57.9 Å². The highest BCUT2D eigenvalue weighted by atomic mass is 15.3. The van der Waals surface area contributed by atoms with Crippen LogP contribution in [0.15, 0.2) is 55.1 Å². The Balaban J connectivity index is 1.33. The van der Waals surface area contributed by atoms with Gasteiger partial charge in [0.1, 0.15) is 0 Å². The molecule has 0 saturated carbocycles. The third-order valence-corrected chi connectivity index (χ3v) is 6.64. The predicted molar refractivity (Wildman–Crippen MR) is 139 cm³/mol. The number of fused-ring (bicyclic) bond motifs is 3. The highest BCUT2D eigenvalue weighted by molar-refractivity contribution is 5.72. The number of nitrogens with one attached hydrogen (secondary N) is 1. The topological polar surface area (TPSA) is 91.3 Å². The van der Waals surface area contributed by atoms with Gasteiger partial charge in [0.15, 0.2) is 5.82 Å². The zero-order chi connectivity index (χ0) is 24.6. The average Bonchev–Trinajstić information content (AvgIpc) is 3.59. The van der Waals surface area contributed by atoms with Gasteiger partial charge in [-0.3, -0.25) is 14.0 Å². The van der Waals surface area contributed by atoms with Crippen molar-refractivity contribution in [3.8, 4) is 22.4 Å². The quantitative estimate of drug-likeness (QED) is 0.374. The van der Waals surface area contributed by atoms with Gasteiger partial charge in [-0.2, -0.15) is 15.3 Å². The summed E-state index contributed by atoms with van der Waals surface area (Å²) in [5, 5.41) is 17.0.